The first-order valence-electron chi connectivity index (χ1n) is 7.56. The van der Waals surface area contributed by atoms with Crippen molar-refractivity contribution >= 4 is 10.0 Å². The van der Waals surface area contributed by atoms with Gasteiger partial charge in [-0.3, -0.25) is 5.10 Å². The molecule has 0 bridgehead atoms. The summed E-state index contributed by atoms with van der Waals surface area (Å²) in [5.74, 6) is 0. The molecule has 0 spiro atoms. The van der Waals surface area contributed by atoms with Crippen molar-refractivity contribution in [3.63, 3.8) is 0 Å². The van der Waals surface area contributed by atoms with Gasteiger partial charge in [-0.1, -0.05) is 19.9 Å². The predicted molar refractivity (Wildman–Crippen MR) is 82.7 cm³/mol. The highest BCUT2D eigenvalue weighted by Crippen LogP contribution is 2.38. The lowest BCUT2D eigenvalue weighted by Crippen LogP contribution is -2.46. The Morgan fingerprint density at radius 2 is 2.14 bits per heavy atom. The van der Waals surface area contributed by atoms with Crippen LogP contribution in [0.5, 0.6) is 0 Å². The Morgan fingerprint density at radius 1 is 1.32 bits per heavy atom. The standard InChI is InChI=1S/C15H20N4O2S/c1-3-11-9-13-12(10-17-18-13)14(4-2)19(11)22(20,21)15-7-5-6-8-16-15/h5-8,10-11,14H,3-4,9H2,1-2H3,(H,17,18)/t11-,14+/m1/s1. The van der Waals surface area contributed by atoms with E-state index in [9.17, 15) is 8.42 Å². The van der Waals surface area contributed by atoms with Crippen LogP contribution in [0.15, 0.2) is 35.6 Å². The van der Waals surface area contributed by atoms with Gasteiger partial charge in [-0.25, -0.2) is 13.4 Å². The Kier molecular flexibility index (Phi) is 4.01. The van der Waals surface area contributed by atoms with E-state index in [0.717, 1.165) is 17.7 Å². The average Bonchev–Trinajstić information content (AvgIpc) is 3.01. The molecular weight excluding hydrogens is 300 g/mol. The highest BCUT2D eigenvalue weighted by molar-refractivity contribution is 7.89. The molecule has 0 aromatic carbocycles. The third kappa shape index (κ3) is 2.34. The van der Waals surface area contributed by atoms with Crippen molar-refractivity contribution in [2.45, 2.75) is 50.2 Å². The van der Waals surface area contributed by atoms with E-state index in [-0.39, 0.29) is 17.1 Å². The molecule has 0 saturated carbocycles. The molecule has 0 radical (unpaired) electrons. The van der Waals surface area contributed by atoms with Crippen molar-refractivity contribution in [1.29, 1.82) is 0 Å². The number of pyridine rings is 1. The Hall–Kier alpha value is -1.73. The van der Waals surface area contributed by atoms with Gasteiger partial charge < -0.3 is 0 Å². The Balaban J connectivity index is 2.11. The van der Waals surface area contributed by atoms with Crippen LogP contribution in [0.4, 0.5) is 0 Å². The van der Waals surface area contributed by atoms with Crippen LogP contribution in [0.25, 0.3) is 0 Å². The van der Waals surface area contributed by atoms with Crippen LogP contribution in [0.3, 0.4) is 0 Å². The lowest BCUT2D eigenvalue weighted by molar-refractivity contribution is 0.216. The topological polar surface area (TPSA) is 79.0 Å². The number of nitrogens with one attached hydrogen (secondary N) is 1. The fourth-order valence-electron chi connectivity index (χ4n) is 3.19. The second-order valence-corrected chi connectivity index (χ2v) is 7.29. The van der Waals surface area contributed by atoms with Crippen LogP contribution < -0.4 is 0 Å². The first-order valence-corrected chi connectivity index (χ1v) is 9.00. The van der Waals surface area contributed by atoms with E-state index in [1.54, 1.807) is 28.7 Å². The molecule has 0 unspecified atom stereocenters. The molecule has 2 atom stereocenters. The third-order valence-electron chi connectivity index (χ3n) is 4.25. The van der Waals surface area contributed by atoms with Gasteiger partial charge in [0.15, 0.2) is 5.03 Å². The molecule has 0 fully saturated rings. The van der Waals surface area contributed by atoms with E-state index in [4.69, 9.17) is 0 Å². The average molecular weight is 320 g/mol. The maximum atomic E-state index is 13.1. The van der Waals surface area contributed by atoms with Crippen molar-refractivity contribution in [1.82, 2.24) is 19.5 Å². The largest absolute Gasteiger partial charge is 0.282 e. The number of rotatable bonds is 4. The summed E-state index contributed by atoms with van der Waals surface area (Å²) in [7, 11) is -3.62. The van der Waals surface area contributed by atoms with Crippen LogP contribution in [0, 0.1) is 0 Å². The number of fused-ring (bicyclic) bond motifs is 1. The fourth-order valence-corrected chi connectivity index (χ4v) is 5.06. The maximum absolute atomic E-state index is 13.1. The highest BCUT2D eigenvalue weighted by Gasteiger charge is 2.42. The zero-order chi connectivity index (χ0) is 15.7. The third-order valence-corrected chi connectivity index (χ3v) is 6.13. The fraction of sp³-hybridized carbons (Fsp3) is 0.467. The van der Waals surface area contributed by atoms with E-state index >= 15 is 0 Å². The lowest BCUT2D eigenvalue weighted by Gasteiger charge is -2.39. The van der Waals surface area contributed by atoms with Crippen LogP contribution in [0.2, 0.25) is 0 Å². The highest BCUT2D eigenvalue weighted by atomic mass is 32.2. The molecule has 22 heavy (non-hydrogen) atoms. The molecule has 118 valence electrons. The first kappa shape index (κ1) is 15.2. The van der Waals surface area contributed by atoms with Gasteiger partial charge in [0.25, 0.3) is 10.0 Å². The van der Waals surface area contributed by atoms with E-state index in [2.05, 4.69) is 15.2 Å². The zero-order valence-electron chi connectivity index (χ0n) is 12.7. The Labute approximate surface area is 130 Å². The van der Waals surface area contributed by atoms with Gasteiger partial charge in [-0.05, 0) is 25.0 Å². The van der Waals surface area contributed by atoms with Gasteiger partial charge in [0, 0.05) is 29.9 Å². The van der Waals surface area contributed by atoms with Crippen molar-refractivity contribution < 1.29 is 8.42 Å². The number of H-pyrrole nitrogens is 1. The predicted octanol–water partition coefficient (Wildman–Crippen LogP) is 2.28. The molecule has 2 aromatic heterocycles. The van der Waals surface area contributed by atoms with Crippen LogP contribution >= 0.6 is 0 Å². The van der Waals surface area contributed by atoms with Gasteiger partial charge >= 0.3 is 0 Å². The number of aromatic amines is 1. The normalized spacial score (nSPS) is 22.5. The second kappa shape index (κ2) is 5.81. The molecule has 1 N–H and O–H groups in total. The zero-order valence-corrected chi connectivity index (χ0v) is 13.5. The summed E-state index contributed by atoms with van der Waals surface area (Å²) in [5, 5.41) is 7.22. The van der Waals surface area contributed by atoms with Crippen LogP contribution in [0.1, 0.15) is 44.0 Å². The van der Waals surface area contributed by atoms with Crippen molar-refractivity contribution in [3.05, 3.63) is 41.9 Å². The summed E-state index contributed by atoms with van der Waals surface area (Å²) in [6.07, 6.45) is 5.38. The Bertz CT molecular complexity index is 742. The number of sulfonamides is 1. The van der Waals surface area contributed by atoms with Gasteiger partial charge in [0.1, 0.15) is 0 Å². The van der Waals surface area contributed by atoms with Gasteiger partial charge in [-0.15, -0.1) is 0 Å². The van der Waals surface area contributed by atoms with E-state index in [0.29, 0.717) is 12.8 Å². The molecule has 3 heterocycles. The first-order chi connectivity index (χ1) is 10.6. The molecule has 0 saturated heterocycles. The summed E-state index contributed by atoms with van der Waals surface area (Å²) < 4.78 is 27.8. The van der Waals surface area contributed by atoms with E-state index < -0.39 is 10.0 Å². The summed E-state index contributed by atoms with van der Waals surface area (Å²) >= 11 is 0. The molecule has 2 aromatic rings. The molecule has 0 aliphatic carbocycles. The molecular formula is C15H20N4O2S. The van der Waals surface area contributed by atoms with E-state index in [1.807, 2.05) is 13.8 Å². The molecule has 1 aliphatic rings. The quantitative estimate of drug-likeness (QED) is 0.937. The summed E-state index contributed by atoms with van der Waals surface area (Å²) in [6, 6.07) is 4.71. The SMILES string of the molecule is CC[C@@H]1Cc2[nH]ncc2[C@H](CC)N1S(=O)(=O)c1ccccn1. The Morgan fingerprint density at radius 3 is 2.77 bits per heavy atom. The second-order valence-electron chi connectivity index (χ2n) is 5.50. The summed E-state index contributed by atoms with van der Waals surface area (Å²) in [4.78, 5) is 4.05. The number of hydrogen-bond acceptors (Lipinski definition) is 4. The van der Waals surface area contributed by atoms with Crippen molar-refractivity contribution in [2.75, 3.05) is 0 Å². The van der Waals surface area contributed by atoms with Crippen molar-refractivity contribution in [2.24, 2.45) is 0 Å². The summed E-state index contributed by atoms with van der Waals surface area (Å²) in [6.45, 7) is 4.01. The van der Waals surface area contributed by atoms with E-state index in [1.165, 1.54) is 6.20 Å². The van der Waals surface area contributed by atoms with Gasteiger partial charge in [0.05, 0.1) is 12.2 Å². The number of aromatic nitrogens is 3. The monoisotopic (exact) mass is 320 g/mol. The number of hydrogen-bond donors (Lipinski definition) is 1. The van der Waals surface area contributed by atoms with Crippen LogP contribution in [-0.2, 0) is 16.4 Å². The minimum Gasteiger partial charge on any atom is -0.282 e. The maximum Gasteiger partial charge on any atom is 0.261 e. The smallest absolute Gasteiger partial charge is 0.261 e. The molecule has 7 heteroatoms. The molecule has 3 rings (SSSR count). The lowest BCUT2D eigenvalue weighted by atomic mass is 9.93. The minimum atomic E-state index is -3.62. The van der Waals surface area contributed by atoms with Crippen molar-refractivity contribution in [3.8, 4) is 0 Å². The molecule has 6 nitrogen and oxygen atoms in total. The van der Waals surface area contributed by atoms with Crippen LogP contribution in [-0.4, -0.2) is 33.9 Å². The van der Waals surface area contributed by atoms with Gasteiger partial charge in [-0.2, -0.15) is 9.40 Å². The molecule has 1 aliphatic heterocycles. The summed E-state index contributed by atoms with van der Waals surface area (Å²) in [5.41, 5.74) is 2.03. The molecule has 0 amide bonds. The van der Waals surface area contributed by atoms with Gasteiger partial charge in [0.2, 0.25) is 0 Å². The number of nitrogens with zero attached hydrogens (tertiary/aromatic N) is 3. The minimum absolute atomic E-state index is 0.0788.